The molecule has 43 heavy (non-hydrogen) atoms. The second-order valence-corrected chi connectivity index (χ2v) is 13.3. The Hall–Kier alpha value is -2.81. The number of rotatable bonds is 7. The van der Waals surface area contributed by atoms with Crippen LogP contribution in [0.25, 0.3) is 32.8 Å². The summed E-state index contributed by atoms with van der Waals surface area (Å²) in [7, 11) is 0. The monoisotopic (exact) mass is 755 g/mol. The van der Waals surface area contributed by atoms with Gasteiger partial charge in [0.1, 0.15) is 0 Å². The first kappa shape index (κ1) is 34.7. The molecule has 1 heterocycles. The van der Waals surface area contributed by atoms with E-state index in [4.69, 9.17) is 4.98 Å². The average molecular weight is 755 g/mol. The molecule has 0 unspecified atom stereocenters. The number of aromatic nitrogens is 1. The van der Waals surface area contributed by atoms with Gasteiger partial charge in [-0.2, -0.15) is 0 Å². The van der Waals surface area contributed by atoms with Gasteiger partial charge in [-0.15, -0.1) is 23.6 Å². The van der Waals surface area contributed by atoms with Crippen LogP contribution >= 0.6 is 0 Å². The second-order valence-electron chi connectivity index (χ2n) is 13.3. The number of hydrogen-bond acceptors (Lipinski definition) is 3. The van der Waals surface area contributed by atoms with Crippen molar-refractivity contribution in [2.45, 2.75) is 98.8 Å². The fraction of sp³-hybridized carbons (Fsp3) is 0.436. The van der Waals surface area contributed by atoms with Crippen LogP contribution in [-0.2, 0) is 35.7 Å². The Balaban J connectivity index is 0.000000274. The Kier molecular flexibility index (Phi) is 11.2. The van der Waals surface area contributed by atoms with Gasteiger partial charge in [-0.25, -0.2) is 0 Å². The second kappa shape index (κ2) is 13.9. The number of benzene rings is 3. The molecule has 4 heteroatoms. The predicted octanol–water partition coefficient (Wildman–Crippen LogP) is 10.7. The van der Waals surface area contributed by atoms with Crippen LogP contribution in [0.3, 0.4) is 0 Å². The fourth-order valence-electron chi connectivity index (χ4n) is 6.20. The van der Waals surface area contributed by atoms with E-state index in [-0.39, 0.29) is 54.3 Å². The third-order valence-electron chi connectivity index (χ3n) is 9.18. The third-order valence-corrected chi connectivity index (χ3v) is 9.18. The largest absolute Gasteiger partial charge is 0.512 e. The van der Waals surface area contributed by atoms with E-state index in [1.807, 2.05) is 33.9 Å². The summed E-state index contributed by atoms with van der Waals surface area (Å²) in [5.74, 6) is 0.547. The first-order valence-corrected chi connectivity index (χ1v) is 15.7. The summed E-state index contributed by atoms with van der Waals surface area (Å²) in [6.07, 6.45) is 6.85. The Morgan fingerprint density at radius 1 is 0.907 bits per heavy atom. The Morgan fingerprint density at radius 2 is 1.53 bits per heavy atom. The van der Waals surface area contributed by atoms with Crippen LogP contribution in [0.1, 0.15) is 105 Å². The van der Waals surface area contributed by atoms with Crippen molar-refractivity contribution in [3.05, 3.63) is 89.3 Å². The molecule has 0 saturated heterocycles. The fourth-order valence-corrected chi connectivity index (χ4v) is 6.20. The minimum atomic E-state index is -0.0919. The molecule has 5 rings (SSSR count). The normalized spacial score (nSPS) is 13.9. The number of carbonyl (C=O) groups is 1. The van der Waals surface area contributed by atoms with E-state index in [1.54, 1.807) is 0 Å². The van der Waals surface area contributed by atoms with Gasteiger partial charge < -0.3 is 5.11 Å². The van der Waals surface area contributed by atoms with Gasteiger partial charge in [0.2, 0.25) is 0 Å². The molecule has 0 fully saturated rings. The van der Waals surface area contributed by atoms with Crippen molar-refractivity contribution in [3.63, 3.8) is 0 Å². The summed E-state index contributed by atoms with van der Waals surface area (Å²) in [6.45, 7) is 19.6. The van der Waals surface area contributed by atoms with Gasteiger partial charge in [0.05, 0.1) is 5.76 Å². The number of fused-ring (bicyclic) bond motifs is 3. The van der Waals surface area contributed by atoms with Gasteiger partial charge in [-0.1, -0.05) is 109 Å². The number of aliphatic hydroxyl groups excluding tert-OH is 1. The SMILES string of the molecule is CC(C)(C)c1cc2c3c(nccc3c1)-c1[c-]c3ccccc3cc1C2(C)C.CCC(CC)C(=O)/C=C(\O)C(CC)CC.[Ir]. The van der Waals surface area contributed by atoms with Crippen molar-refractivity contribution in [2.75, 3.05) is 0 Å². The van der Waals surface area contributed by atoms with Crippen LogP contribution in [-0.4, -0.2) is 15.9 Å². The van der Waals surface area contributed by atoms with Crippen molar-refractivity contribution in [1.82, 2.24) is 4.98 Å². The average Bonchev–Trinajstić information content (AvgIpc) is 2.96. The van der Waals surface area contributed by atoms with Gasteiger partial charge >= 0.3 is 0 Å². The maximum atomic E-state index is 11.7. The Bertz CT molecular complexity index is 1620. The zero-order chi connectivity index (χ0) is 30.8. The van der Waals surface area contributed by atoms with Crippen molar-refractivity contribution >= 4 is 27.3 Å². The number of ketones is 1. The maximum Gasteiger partial charge on any atom is 0.162 e. The van der Waals surface area contributed by atoms with Gasteiger partial charge in [0, 0.05) is 49.9 Å². The van der Waals surface area contributed by atoms with Gasteiger partial charge in [0.25, 0.3) is 0 Å². The molecule has 0 bridgehead atoms. The van der Waals surface area contributed by atoms with E-state index in [9.17, 15) is 9.90 Å². The molecule has 1 aliphatic rings. The molecule has 1 aliphatic carbocycles. The minimum absolute atomic E-state index is 0. The third kappa shape index (κ3) is 6.97. The number of carbonyl (C=O) groups excluding carboxylic acids is 1. The van der Waals surface area contributed by atoms with Gasteiger partial charge in [0.15, 0.2) is 5.78 Å². The van der Waals surface area contributed by atoms with E-state index < -0.39 is 0 Å². The van der Waals surface area contributed by atoms with Crippen LogP contribution in [0.4, 0.5) is 0 Å². The van der Waals surface area contributed by atoms with Crippen LogP contribution in [0, 0.1) is 17.9 Å². The van der Waals surface area contributed by atoms with E-state index in [2.05, 4.69) is 89.2 Å². The van der Waals surface area contributed by atoms with E-state index in [0.717, 1.165) is 42.3 Å². The summed E-state index contributed by atoms with van der Waals surface area (Å²) >= 11 is 0. The zero-order valence-electron chi connectivity index (χ0n) is 27.4. The molecule has 3 nitrogen and oxygen atoms in total. The minimum Gasteiger partial charge on any atom is -0.512 e. The molecule has 0 spiro atoms. The molecule has 0 amide bonds. The summed E-state index contributed by atoms with van der Waals surface area (Å²) < 4.78 is 0. The van der Waals surface area contributed by atoms with Gasteiger partial charge in [-0.05, 0) is 64.5 Å². The Labute approximate surface area is 272 Å². The molecular weight excluding hydrogens is 707 g/mol. The first-order valence-electron chi connectivity index (χ1n) is 15.7. The maximum absolute atomic E-state index is 11.7. The molecular formula is C39H48IrNO2-. The number of allylic oxidation sites excluding steroid dienone is 2. The quantitative estimate of drug-likeness (QED) is 0.116. The van der Waals surface area contributed by atoms with Crippen LogP contribution in [0.15, 0.2) is 66.6 Å². The standard InChI is InChI=1S/C26H24N.C13H24O2.Ir/c1-25(2,3)19-12-18-10-11-27-24-20-13-16-8-6-7-9-17(16)14-21(20)26(4,5)22(15-19)23(18)24;1-5-10(6-2)12(14)9-13(15)11(7-3)8-4;/h6-12,14-15H,1-5H3;9-11,14H,5-8H2,1-4H3;/q-1;;/b;12-9-;. The summed E-state index contributed by atoms with van der Waals surface area (Å²) in [5.41, 5.74) is 6.32. The predicted molar refractivity (Wildman–Crippen MR) is 178 cm³/mol. The van der Waals surface area contributed by atoms with Crippen molar-refractivity contribution in [3.8, 4) is 11.3 Å². The van der Waals surface area contributed by atoms with Crippen molar-refractivity contribution in [2.24, 2.45) is 11.8 Å². The van der Waals surface area contributed by atoms with Crippen molar-refractivity contribution in [1.29, 1.82) is 0 Å². The number of aliphatic hydroxyl groups is 1. The topological polar surface area (TPSA) is 50.2 Å². The molecule has 3 aromatic carbocycles. The van der Waals surface area contributed by atoms with E-state index >= 15 is 0 Å². The van der Waals surface area contributed by atoms with Gasteiger partial charge in [-0.3, -0.25) is 9.78 Å². The molecule has 0 aliphatic heterocycles. The zero-order valence-corrected chi connectivity index (χ0v) is 29.8. The summed E-state index contributed by atoms with van der Waals surface area (Å²) in [5, 5.41) is 14.7. The molecule has 4 aromatic rings. The summed E-state index contributed by atoms with van der Waals surface area (Å²) in [4.78, 5) is 16.5. The Morgan fingerprint density at radius 3 is 2.14 bits per heavy atom. The van der Waals surface area contributed by atoms with Crippen LogP contribution < -0.4 is 0 Å². The molecule has 1 aromatic heterocycles. The van der Waals surface area contributed by atoms with Crippen LogP contribution in [0.5, 0.6) is 0 Å². The summed E-state index contributed by atoms with van der Waals surface area (Å²) in [6, 6.07) is 21.4. The van der Waals surface area contributed by atoms with Crippen molar-refractivity contribution < 1.29 is 30.0 Å². The van der Waals surface area contributed by atoms with E-state index in [0.29, 0.717) is 0 Å². The van der Waals surface area contributed by atoms with E-state index in [1.165, 1.54) is 38.9 Å². The first-order chi connectivity index (χ1) is 19.9. The smallest absolute Gasteiger partial charge is 0.162 e. The molecule has 1 radical (unpaired) electrons. The number of nitrogens with zero attached hydrogens (tertiary/aromatic N) is 1. The van der Waals surface area contributed by atoms with Crippen LogP contribution in [0.2, 0.25) is 0 Å². The molecule has 231 valence electrons. The molecule has 0 saturated carbocycles. The molecule has 1 N–H and O–H groups in total. The number of pyridine rings is 1. The molecule has 0 atom stereocenters. The number of hydrogen-bond donors (Lipinski definition) is 1.